The van der Waals surface area contributed by atoms with Crippen LogP contribution < -0.4 is 9.80 Å². The second-order valence-electron chi connectivity index (χ2n) is 12.9. The summed E-state index contributed by atoms with van der Waals surface area (Å²) < 4.78 is 2.33. The van der Waals surface area contributed by atoms with Crippen molar-refractivity contribution >= 4 is 50.6 Å². The Hall–Kier alpha value is -5.00. The molecule has 0 saturated carbocycles. The lowest BCUT2D eigenvalue weighted by molar-refractivity contribution is 0.709. The Morgan fingerprint density at radius 2 is 1.38 bits per heavy atom. The van der Waals surface area contributed by atoms with E-state index < -0.39 is 0 Å². The van der Waals surface area contributed by atoms with Crippen LogP contribution >= 0.6 is 11.8 Å². The van der Waals surface area contributed by atoms with Gasteiger partial charge in [-0.2, -0.15) is 0 Å². The standard InChI is InChI=1S/C42H38N4S/c1-28(2)34-14-5-6-15-35(34)30-22-23-43-42(24-30)46-38-17-8-7-16-36(38)37-21-20-33(26-41(37)46)47-32-13-11-12-31(25-32)45-27-44(29(3)4)39-18-9-10-19-40(39)45/h5-26,28-29H,27H2,1-4H3. The van der Waals surface area contributed by atoms with Crippen molar-refractivity contribution in [2.24, 2.45) is 0 Å². The summed E-state index contributed by atoms with van der Waals surface area (Å²) in [6.45, 7) is 9.89. The predicted molar refractivity (Wildman–Crippen MR) is 200 cm³/mol. The lowest BCUT2D eigenvalue weighted by atomic mass is 9.93. The summed E-state index contributed by atoms with van der Waals surface area (Å²) in [7, 11) is 0. The molecule has 0 bridgehead atoms. The van der Waals surface area contributed by atoms with E-state index in [-0.39, 0.29) is 0 Å². The third-order valence-electron chi connectivity index (χ3n) is 9.28. The molecule has 0 spiro atoms. The highest BCUT2D eigenvalue weighted by molar-refractivity contribution is 7.99. The molecule has 0 fully saturated rings. The largest absolute Gasteiger partial charge is 0.349 e. The Labute approximate surface area is 281 Å². The molecule has 5 heteroatoms. The SMILES string of the molecule is CC(C)c1ccccc1-c1ccnc(-n2c3ccccc3c3ccc(Sc4cccc(N5CN(C(C)C)c6ccccc65)c4)cc32)c1. The van der Waals surface area contributed by atoms with Gasteiger partial charge in [-0.25, -0.2) is 4.98 Å². The van der Waals surface area contributed by atoms with Crippen molar-refractivity contribution in [3.8, 4) is 16.9 Å². The first kappa shape index (κ1) is 29.4. The maximum atomic E-state index is 4.94. The molecule has 0 aliphatic carbocycles. The summed E-state index contributed by atoms with van der Waals surface area (Å²) in [6.07, 6.45) is 1.95. The first-order valence-electron chi connectivity index (χ1n) is 16.5. The third-order valence-corrected chi connectivity index (χ3v) is 10.3. The van der Waals surface area contributed by atoms with Crippen molar-refractivity contribution in [3.05, 3.63) is 139 Å². The zero-order valence-electron chi connectivity index (χ0n) is 27.3. The number of hydrogen-bond acceptors (Lipinski definition) is 4. The van der Waals surface area contributed by atoms with E-state index in [2.05, 4.69) is 169 Å². The highest BCUT2D eigenvalue weighted by atomic mass is 32.2. The first-order valence-corrected chi connectivity index (χ1v) is 17.3. The van der Waals surface area contributed by atoms with Crippen molar-refractivity contribution in [2.75, 3.05) is 16.5 Å². The number of rotatable bonds is 7. The average Bonchev–Trinajstić information content (AvgIpc) is 3.65. The predicted octanol–water partition coefficient (Wildman–Crippen LogP) is 11.4. The Kier molecular flexibility index (Phi) is 7.49. The number of fused-ring (bicyclic) bond motifs is 4. The monoisotopic (exact) mass is 630 g/mol. The van der Waals surface area contributed by atoms with Gasteiger partial charge < -0.3 is 9.80 Å². The number of aromatic nitrogens is 2. The van der Waals surface area contributed by atoms with Crippen LogP contribution in [-0.4, -0.2) is 22.3 Å². The van der Waals surface area contributed by atoms with Gasteiger partial charge in [-0.15, -0.1) is 0 Å². The van der Waals surface area contributed by atoms with Crippen LogP contribution in [0.15, 0.2) is 143 Å². The minimum Gasteiger partial charge on any atom is -0.349 e. The fourth-order valence-corrected chi connectivity index (χ4v) is 7.89. The Morgan fingerprint density at radius 1 is 0.638 bits per heavy atom. The maximum absolute atomic E-state index is 4.94. The summed E-state index contributed by atoms with van der Waals surface area (Å²) >= 11 is 1.81. The van der Waals surface area contributed by atoms with E-state index in [1.165, 1.54) is 54.3 Å². The van der Waals surface area contributed by atoms with Gasteiger partial charge in [0.2, 0.25) is 0 Å². The van der Waals surface area contributed by atoms with Gasteiger partial charge in [0.25, 0.3) is 0 Å². The zero-order chi connectivity index (χ0) is 32.1. The number of nitrogens with zero attached hydrogens (tertiary/aromatic N) is 4. The zero-order valence-corrected chi connectivity index (χ0v) is 28.1. The van der Waals surface area contributed by atoms with Crippen LogP contribution in [0.2, 0.25) is 0 Å². The Morgan fingerprint density at radius 3 is 2.23 bits per heavy atom. The van der Waals surface area contributed by atoms with Crippen LogP contribution in [0.5, 0.6) is 0 Å². The van der Waals surface area contributed by atoms with Crippen LogP contribution in [0.3, 0.4) is 0 Å². The van der Waals surface area contributed by atoms with Crippen molar-refractivity contribution < 1.29 is 0 Å². The van der Waals surface area contributed by atoms with E-state index in [9.17, 15) is 0 Å². The van der Waals surface area contributed by atoms with E-state index in [0.29, 0.717) is 12.0 Å². The molecule has 0 N–H and O–H groups in total. The quantitative estimate of drug-likeness (QED) is 0.175. The van der Waals surface area contributed by atoms with Gasteiger partial charge in [-0.05, 0) is 97.1 Å². The molecule has 0 amide bonds. The van der Waals surface area contributed by atoms with Crippen LogP contribution in [0.1, 0.15) is 39.2 Å². The van der Waals surface area contributed by atoms with Crippen molar-refractivity contribution in [1.29, 1.82) is 0 Å². The average molecular weight is 631 g/mol. The molecule has 7 aromatic rings. The second-order valence-corrected chi connectivity index (χ2v) is 14.0. The van der Waals surface area contributed by atoms with Crippen LogP contribution in [0.4, 0.5) is 17.1 Å². The summed E-state index contributed by atoms with van der Waals surface area (Å²) in [5.74, 6) is 1.36. The van der Waals surface area contributed by atoms with Gasteiger partial charge in [0, 0.05) is 38.5 Å². The smallest absolute Gasteiger partial charge is 0.138 e. The van der Waals surface area contributed by atoms with E-state index in [0.717, 1.165) is 23.5 Å². The molecule has 0 atom stereocenters. The van der Waals surface area contributed by atoms with Crippen LogP contribution in [0.25, 0.3) is 38.8 Å². The van der Waals surface area contributed by atoms with E-state index >= 15 is 0 Å². The molecule has 2 aromatic heterocycles. The topological polar surface area (TPSA) is 24.3 Å². The summed E-state index contributed by atoms with van der Waals surface area (Å²) in [6, 6.07) is 46.7. The molecule has 0 radical (unpaired) electrons. The van der Waals surface area contributed by atoms with Crippen molar-refractivity contribution in [3.63, 3.8) is 0 Å². The lowest BCUT2D eigenvalue weighted by Crippen LogP contribution is -2.33. The lowest BCUT2D eigenvalue weighted by Gasteiger charge is -2.25. The fourth-order valence-electron chi connectivity index (χ4n) is 6.99. The molecule has 0 unspecified atom stereocenters. The van der Waals surface area contributed by atoms with Crippen LogP contribution in [0, 0.1) is 0 Å². The minimum absolute atomic E-state index is 0.428. The molecule has 5 aromatic carbocycles. The Balaban J connectivity index is 1.19. The van der Waals surface area contributed by atoms with Gasteiger partial charge in [-0.3, -0.25) is 4.57 Å². The highest BCUT2D eigenvalue weighted by Crippen LogP contribution is 2.43. The molecule has 4 nitrogen and oxygen atoms in total. The second kappa shape index (κ2) is 12.0. The molecule has 1 aliphatic rings. The van der Waals surface area contributed by atoms with Crippen LogP contribution in [-0.2, 0) is 0 Å². The molecular formula is C42H38N4S. The van der Waals surface area contributed by atoms with Gasteiger partial charge in [0.15, 0.2) is 0 Å². The highest BCUT2D eigenvalue weighted by Gasteiger charge is 2.28. The van der Waals surface area contributed by atoms with Gasteiger partial charge >= 0.3 is 0 Å². The normalized spacial score (nSPS) is 13.0. The number of hydrogen-bond donors (Lipinski definition) is 0. The fraction of sp³-hybridized carbons (Fsp3) is 0.167. The maximum Gasteiger partial charge on any atom is 0.138 e. The molecule has 0 saturated heterocycles. The van der Waals surface area contributed by atoms with E-state index in [1.807, 2.05) is 18.0 Å². The summed E-state index contributed by atoms with van der Waals surface area (Å²) in [4.78, 5) is 12.2. The van der Waals surface area contributed by atoms with Gasteiger partial charge in [-0.1, -0.05) is 92.3 Å². The Bertz CT molecular complexity index is 2250. The third kappa shape index (κ3) is 5.25. The number of benzene rings is 5. The minimum atomic E-state index is 0.428. The van der Waals surface area contributed by atoms with Crippen molar-refractivity contribution in [2.45, 2.75) is 49.4 Å². The van der Waals surface area contributed by atoms with Crippen molar-refractivity contribution in [1.82, 2.24) is 9.55 Å². The number of pyridine rings is 1. The number of para-hydroxylation sites is 3. The van der Waals surface area contributed by atoms with Gasteiger partial charge in [0.05, 0.1) is 29.1 Å². The van der Waals surface area contributed by atoms with Gasteiger partial charge in [0.1, 0.15) is 5.82 Å². The number of anilines is 3. The molecular weight excluding hydrogens is 593 g/mol. The van der Waals surface area contributed by atoms with E-state index in [1.54, 1.807) is 0 Å². The first-order chi connectivity index (χ1) is 23.0. The summed E-state index contributed by atoms with van der Waals surface area (Å²) in [5.41, 5.74) is 9.90. The molecule has 8 rings (SSSR count). The molecule has 47 heavy (non-hydrogen) atoms. The molecule has 232 valence electrons. The molecule has 3 heterocycles. The van der Waals surface area contributed by atoms with E-state index in [4.69, 9.17) is 4.98 Å². The summed E-state index contributed by atoms with van der Waals surface area (Å²) in [5, 5.41) is 2.47. The molecule has 1 aliphatic heterocycles.